The minimum Gasteiger partial charge on any atom is -0.543 e. The van der Waals surface area contributed by atoms with E-state index in [0.717, 1.165) is 24.2 Å². The summed E-state index contributed by atoms with van der Waals surface area (Å²) in [6.45, 7) is 24.4. The van der Waals surface area contributed by atoms with Gasteiger partial charge >= 0.3 is 12.1 Å². The van der Waals surface area contributed by atoms with Gasteiger partial charge in [-0.3, -0.25) is 4.90 Å². The first-order valence-corrected chi connectivity index (χ1v) is 22.5. The number of esters is 1. The van der Waals surface area contributed by atoms with Crippen molar-refractivity contribution in [3.8, 4) is 11.5 Å². The quantitative estimate of drug-likeness (QED) is 0.147. The molecule has 0 spiro atoms. The van der Waals surface area contributed by atoms with Crippen LogP contribution in [0.4, 0.5) is 10.5 Å². The molecule has 5 atom stereocenters. The number of carbonyl (C=O) groups is 2. The minimum absolute atomic E-state index is 0.0161. The Labute approximate surface area is 329 Å². The van der Waals surface area contributed by atoms with Crippen molar-refractivity contribution in [3.05, 3.63) is 71.3 Å². The van der Waals surface area contributed by atoms with Crippen LogP contribution in [0.3, 0.4) is 0 Å². The fourth-order valence-electron chi connectivity index (χ4n) is 6.33. The van der Waals surface area contributed by atoms with E-state index < -0.39 is 50.1 Å². The van der Waals surface area contributed by atoms with Crippen LogP contribution in [0, 0.1) is 5.92 Å². The summed E-state index contributed by atoms with van der Waals surface area (Å²) in [6, 6.07) is 11.5. The molecule has 302 valence electrons. The third kappa shape index (κ3) is 10.8. The Kier molecular flexibility index (Phi) is 12.7. The highest BCUT2D eigenvalue weighted by atomic mass is 28.4. The van der Waals surface area contributed by atoms with Crippen molar-refractivity contribution in [1.29, 1.82) is 0 Å². The molecule has 3 aliphatic rings. The van der Waals surface area contributed by atoms with Crippen LogP contribution in [0.2, 0.25) is 18.1 Å². The zero-order valence-corrected chi connectivity index (χ0v) is 36.2. The number of hydrogen-bond donors (Lipinski definition) is 0. The SMILES string of the molecule is COc1ccc(COC2C=C[C@@H](C)[C@H](C)OC(=O)c3c(cc(N(C(=O)OC(C)(C)C)C4CC4)cc3O[Si](C)(C)C(C)(C)C)C=CC[C@@H]3OC(C)(C)O[C@H]23)cc1. The summed E-state index contributed by atoms with van der Waals surface area (Å²) in [4.78, 5) is 29.9. The van der Waals surface area contributed by atoms with Crippen LogP contribution in [-0.2, 0) is 30.3 Å². The number of hydrogen-bond acceptors (Lipinski definition) is 9. The molecule has 5 rings (SSSR count). The van der Waals surface area contributed by atoms with Crippen molar-refractivity contribution < 1.29 is 42.4 Å². The van der Waals surface area contributed by atoms with Crippen molar-refractivity contribution >= 4 is 32.1 Å². The largest absolute Gasteiger partial charge is 0.543 e. The molecule has 0 bridgehead atoms. The summed E-state index contributed by atoms with van der Waals surface area (Å²) in [5.41, 5.74) is 1.82. The van der Waals surface area contributed by atoms with Crippen LogP contribution in [0.5, 0.6) is 11.5 Å². The van der Waals surface area contributed by atoms with E-state index in [-0.39, 0.29) is 23.1 Å². The van der Waals surface area contributed by atoms with Gasteiger partial charge in [0, 0.05) is 18.0 Å². The highest BCUT2D eigenvalue weighted by Crippen LogP contribution is 2.43. The third-order valence-electron chi connectivity index (χ3n) is 10.7. The molecule has 1 saturated carbocycles. The normalized spacial score (nSPS) is 24.6. The van der Waals surface area contributed by atoms with E-state index in [1.807, 2.05) is 109 Å². The van der Waals surface area contributed by atoms with Crippen molar-refractivity contribution in [3.63, 3.8) is 0 Å². The van der Waals surface area contributed by atoms with E-state index >= 15 is 0 Å². The first-order chi connectivity index (χ1) is 25.6. The van der Waals surface area contributed by atoms with Gasteiger partial charge in [0.15, 0.2) is 5.79 Å². The molecular weight excluding hydrogens is 715 g/mol. The monoisotopic (exact) mass is 777 g/mol. The lowest BCUT2D eigenvalue weighted by atomic mass is 9.98. The Morgan fingerprint density at radius 2 is 1.65 bits per heavy atom. The Bertz CT molecular complexity index is 1730. The van der Waals surface area contributed by atoms with Crippen molar-refractivity contribution in [1.82, 2.24) is 0 Å². The number of anilines is 1. The molecule has 1 amide bonds. The fraction of sp³-hybridized carbons (Fsp3) is 0.591. The summed E-state index contributed by atoms with van der Waals surface area (Å²) in [6.07, 6.45) is 7.93. The number of fused-ring (bicyclic) bond motifs is 2. The van der Waals surface area contributed by atoms with Gasteiger partial charge in [-0.15, -0.1) is 0 Å². The predicted molar refractivity (Wildman–Crippen MR) is 218 cm³/mol. The third-order valence-corrected chi connectivity index (χ3v) is 15.1. The van der Waals surface area contributed by atoms with Crippen LogP contribution in [0.15, 0.2) is 54.6 Å². The number of benzene rings is 2. The highest BCUT2D eigenvalue weighted by molar-refractivity contribution is 6.74. The van der Waals surface area contributed by atoms with Gasteiger partial charge in [0.1, 0.15) is 41.0 Å². The number of methoxy groups -OCH3 is 1. The highest BCUT2D eigenvalue weighted by Gasteiger charge is 2.45. The van der Waals surface area contributed by atoms with Crippen LogP contribution in [-0.4, -0.2) is 69.3 Å². The first-order valence-electron chi connectivity index (χ1n) is 19.6. The number of cyclic esters (lactones) is 1. The molecule has 2 aliphatic heterocycles. The molecule has 1 unspecified atom stereocenters. The second kappa shape index (κ2) is 16.4. The first kappa shape index (κ1) is 42.5. The molecule has 2 aromatic carbocycles. The number of amides is 1. The Hall–Kier alpha value is -3.64. The van der Waals surface area contributed by atoms with Gasteiger partial charge in [-0.1, -0.05) is 64.1 Å². The van der Waals surface area contributed by atoms with Gasteiger partial charge in [0.2, 0.25) is 0 Å². The summed E-state index contributed by atoms with van der Waals surface area (Å²) in [5.74, 6) is -0.340. The summed E-state index contributed by atoms with van der Waals surface area (Å²) in [7, 11) is -0.853. The van der Waals surface area contributed by atoms with E-state index in [4.69, 9.17) is 32.8 Å². The topological polar surface area (TPSA) is 102 Å². The molecule has 1 saturated heterocycles. The molecule has 55 heavy (non-hydrogen) atoms. The lowest BCUT2D eigenvalue weighted by Crippen LogP contribution is -2.44. The maximum atomic E-state index is 14.4. The van der Waals surface area contributed by atoms with Crippen molar-refractivity contribution in [2.75, 3.05) is 12.0 Å². The fourth-order valence-corrected chi connectivity index (χ4v) is 7.35. The molecule has 0 aromatic heterocycles. The van der Waals surface area contributed by atoms with E-state index in [0.29, 0.717) is 35.6 Å². The van der Waals surface area contributed by atoms with Crippen molar-refractivity contribution in [2.45, 2.75) is 155 Å². The second-order valence-electron chi connectivity index (χ2n) is 18.1. The lowest BCUT2D eigenvalue weighted by Gasteiger charge is -2.37. The summed E-state index contributed by atoms with van der Waals surface area (Å²) < 4.78 is 44.1. The van der Waals surface area contributed by atoms with E-state index in [9.17, 15) is 9.59 Å². The van der Waals surface area contributed by atoms with Crippen LogP contribution < -0.4 is 14.1 Å². The maximum Gasteiger partial charge on any atom is 0.415 e. The Morgan fingerprint density at radius 1 is 0.982 bits per heavy atom. The molecule has 10 nitrogen and oxygen atoms in total. The Balaban J connectivity index is 1.60. The van der Waals surface area contributed by atoms with Gasteiger partial charge in [0.25, 0.3) is 8.32 Å². The van der Waals surface area contributed by atoms with Crippen LogP contribution in [0.25, 0.3) is 6.08 Å². The van der Waals surface area contributed by atoms with E-state index in [1.54, 1.807) is 12.0 Å². The number of rotatable bonds is 8. The lowest BCUT2D eigenvalue weighted by molar-refractivity contribution is -0.156. The van der Waals surface area contributed by atoms with Gasteiger partial charge in [-0.25, -0.2) is 9.59 Å². The molecule has 2 heterocycles. The van der Waals surface area contributed by atoms with Crippen LogP contribution >= 0.6 is 0 Å². The van der Waals surface area contributed by atoms with E-state index in [1.165, 1.54) is 0 Å². The van der Waals surface area contributed by atoms with Gasteiger partial charge in [0.05, 0.1) is 25.5 Å². The molecule has 11 heteroatoms. The van der Waals surface area contributed by atoms with Gasteiger partial charge in [-0.05, 0) is 108 Å². The molecule has 0 radical (unpaired) electrons. The zero-order chi connectivity index (χ0) is 40.5. The number of ether oxygens (including phenoxy) is 6. The average molecular weight is 778 g/mol. The summed E-state index contributed by atoms with van der Waals surface area (Å²) >= 11 is 0. The maximum absolute atomic E-state index is 14.4. The molecule has 2 aromatic rings. The molecular formula is C44H63NO9Si. The van der Waals surface area contributed by atoms with Crippen LogP contribution in [0.1, 0.15) is 110 Å². The van der Waals surface area contributed by atoms with E-state index in [2.05, 4.69) is 33.9 Å². The Morgan fingerprint density at radius 3 is 2.25 bits per heavy atom. The van der Waals surface area contributed by atoms with Gasteiger partial charge in [-0.2, -0.15) is 0 Å². The predicted octanol–water partition coefficient (Wildman–Crippen LogP) is 10.2. The second-order valence-corrected chi connectivity index (χ2v) is 22.8. The minimum atomic E-state index is -2.50. The number of carbonyl (C=O) groups excluding carboxylic acids is 2. The summed E-state index contributed by atoms with van der Waals surface area (Å²) in [5, 5.41) is -0.168. The molecule has 0 N–H and O–H groups in total. The molecule has 2 fully saturated rings. The standard InChI is InChI=1S/C44H63NO9Si/c1-28-17-24-35(49-27-30-18-22-34(48-11)23-19-30)39-36(51-44(9,10)52-39)16-14-15-31-25-33(45(32-20-21-32)41(47)53-42(3,4)5)26-37(38(31)40(46)50-29(28)2)54-55(12,13)43(6,7)8/h14-15,17-19,22-26,28-29,32,35-36,39H,16,20-21,27H2,1-13H3/t28-,29+,35?,36+,39-/m1/s1. The van der Waals surface area contributed by atoms with Gasteiger partial charge < -0.3 is 32.8 Å². The molecule has 1 aliphatic carbocycles. The number of nitrogens with zero attached hydrogens (tertiary/aromatic N) is 1. The smallest absolute Gasteiger partial charge is 0.415 e. The zero-order valence-electron chi connectivity index (χ0n) is 35.2. The van der Waals surface area contributed by atoms with Crippen molar-refractivity contribution in [2.24, 2.45) is 5.92 Å². The average Bonchev–Trinajstić information content (AvgIpc) is 3.85.